The fourth-order valence-electron chi connectivity index (χ4n) is 3.75. The van der Waals surface area contributed by atoms with Crippen molar-refractivity contribution in [2.24, 2.45) is 5.92 Å². The van der Waals surface area contributed by atoms with Crippen molar-refractivity contribution >= 4 is 21.8 Å². The lowest BCUT2D eigenvalue weighted by atomic mass is 9.96. The Hall–Kier alpha value is -1.27. The van der Waals surface area contributed by atoms with Gasteiger partial charge in [0.05, 0.1) is 5.92 Å². The largest absolute Gasteiger partial charge is 0.486 e. The number of rotatable bonds is 6. The quantitative estimate of drug-likeness (QED) is 0.755. The molecule has 0 radical (unpaired) electrons. The monoisotopic (exact) mass is 424 g/mol. The highest BCUT2D eigenvalue weighted by Gasteiger charge is 2.27. The van der Waals surface area contributed by atoms with Crippen LogP contribution in [0.1, 0.15) is 45.1 Å². The number of carbonyl (C=O) groups excluding carboxylic acids is 1. The van der Waals surface area contributed by atoms with Gasteiger partial charge in [0, 0.05) is 23.6 Å². The van der Waals surface area contributed by atoms with Crippen molar-refractivity contribution in [2.45, 2.75) is 52.1 Å². The molecule has 26 heavy (non-hydrogen) atoms. The van der Waals surface area contributed by atoms with Crippen molar-refractivity contribution in [1.29, 1.82) is 0 Å². The van der Waals surface area contributed by atoms with E-state index in [-0.39, 0.29) is 17.9 Å². The molecule has 2 aliphatic rings. The number of nitrogens with one attached hydrogen (secondary N) is 1. The summed E-state index contributed by atoms with van der Waals surface area (Å²) in [7, 11) is 0. The molecule has 144 valence electrons. The van der Waals surface area contributed by atoms with Crippen LogP contribution in [-0.4, -0.2) is 43.2 Å². The van der Waals surface area contributed by atoms with Crippen molar-refractivity contribution in [1.82, 2.24) is 10.2 Å². The number of carbonyl (C=O) groups is 1. The molecule has 1 N–H and O–H groups in total. The number of benzene rings is 1. The zero-order valence-corrected chi connectivity index (χ0v) is 17.3. The van der Waals surface area contributed by atoms with E-state index < -0.39 is 0 Å². The summed E-state index contributed by atoms with van der Waals surface area (Å²) in [6, 6.07) is 4.31. The maximum absolute atomic E-state index is 12.6. The molecule has 0 spiro atoms. The van der Waals surface area contributed by atoms with E-state index in [0.29, 0.717) is 13.2 Å². The number of fused-ring (bicyclic) bond motifs is 1. The van der Waals surface area contributed by atoms with Gasteiger partial charge in [0.25, 0.3) is 0 Å². The van der Waals surface area contributed by atoms with Gasteiger partial charge in [-0.3, -0.25) is 9.69 Å². The second-order valence-electron chi connectivity index (χ2n) is 7.36. The third-order valence-corrected chi connectivity index (χ3v) is 5.83. The average Bonchev–Trinajstić information content (AvgIpc) is 2.63. The Bertz CT molecular complexity index is 638. The van der Waals surface area contributed by atoms with Gasteiger partial charge in [0.2, 0.25) is 5.91 Å². The van der Waals surface area contributed by atoms with E-state index in [1.54, 1.807) is 0 Å². The van der Waals surface area contributed by atoms with Gasteiger partial charge < -0.3 is 14.8 Å². The highest BCUT2D eigenvalue weighted by atomic mass is 79.9. The zero-order chi connectivity index (χ0) is 18.5. The zero-order valence-electron chi connectivity index (χ0n) is 15.7. The summed E-state index contributed by atoms with van der Waals surface area (Å²) in [5.41, 5.74) is 1.18. The van der Waals surface area contributed by atoms with Gasteiger partial charge in [0.1, 0.15) is 13.2 Å². The van der Waals surface area contributed by atoms with Gasteiger partial charge in [0.15, 0.2) is 11.5 Å². The first-order valence-corrected chi connectivity index (χ1v) is 10.5. The maximum Gasteiger partial charge on any atom is 0.224 e. The SMILES string of the molecule is CCCC(C)NC(=O)C1CCCN(Cc2cc3c(cc2Br)OCCO3)C1. The van der Waals surface area contributed by atoms with Crippen LogP contribution >= 0.6 is 15.9 Å². The summed E-state index contributed by atoms with van der Waals surface area (Å²) in [6.45, 7) is 8.07. The van der Waals surface area contributed by atoms with Crippen molar-refractivity contribution < 1.29 is 14.3 Å². The second kappa shape index (κ2) is 9.09. The minimum Gasteiger partial charge on any atom is -0.486 e. The number of hydrogen-bond acceptors (Lipinski definition) is 4. The van der Waals surface area contributed by atoms with Crippen molar-refractivity contribution in [2.75, 3.05) is 26.3 Å². The molecule has 2 unspecified atom stereocenters. The molecule has 1 aromatic rings. The molecular formula is C20H29BrN2O3. The third-order valence-electron chi connectivity index (χ3n) is 5.09. The normalized spacial score (nSPS) is 21.3. The Balaban J connectivity index is 1.61. The van der Waals surface area contributed by atoms with Crippen LogP contribution in [0.3, 0.4) is 0 Å². The predicted molar refractivity (Wildman–Crippen MR) is 106 cm³/mol. The van der Waals surface area contributed by atoms with Crippen LogP contribution in [0.4, 0.5) is 0 Å². The Morgan fingerprint density at radius 3 is 2.81 bits per heavy atom. The number of nitrogens with zero attached hydrogens (tertiary/aromatic N) is 1. The lowest BCUT2D eigenvalue weighted by Gasteiger charge is -2.33. The molecule has 0 bridgehead atoms. The molecule has 2 aliphatic heterocycles. The van der Waals surface area contributed by atoms with Crippen LogP contribution in [0.25, 0.3) is 0 Å². The summed E-state index contributed by atoms with van der Waals surface area (Å²) in [6.07, 6.45) is 4.16. The number of amides is 1. The highest BCUT2D eigenvalue weighted by molar-refractivity contribution is 9.10. The van der Waals surface area contributed by atoms with Gasteiger partial charge >= 0.3 is 0 Å². The van der Waals surface area contributed by atoms with Gasteiger partial charge in [-0.25, -0.2) is 0 Å². The van der Waals surface area contributed by atoms with Crippen LogP contribution in [0.2, 0.25) is 0 Å². The summed E-state index contributed by atoms with van der Waals surface area (Å²) in [5, 5.41) is 3.18. The molecule has 6 heteroatoms. The van der Waals surface area contributed by atoms with Crippen LogP contribution in [0, 0.1) is 5.92 Å². The predicted octanol–water partition coefficient (Wildman–Crippen LogP) is 3.74. The third kappa shape index (κ3) is 4.92. The molecule has 2 heterocycles. The number of likely N-dealkylation sites (tertiary alicyclic amines) is 1. The topological polar surface area (TPSA) is 50.8 Å². The number of hydrogen-bond donors (Lipinski definition) is 1. The second-order valence-corrected chi connectivity index (χ2v) is 8.21. The molecule has 0 aromatic heterocycles. The first kappa shape index (κ1) is 19.5. The lowest BCUT2D eigenvalue weighted by molar-refractivity contribution is -0.127. The average molecular weight is 425 g/mol. The molecule has 2 atom stereocenters. The smallest absolute Gasteiger partial charge is 0.224 e. The van der Waals surface area contributed by atoms with Crippen molar-refractivity contribution in [3.8, 4) is 11.5 Å². The molecule has 1 saturated heterocycles. The van der Waals surface area contributed by atoms with E-state index in [2.05, 4.69) is 46.1 Å². The molecule has 1 aromatic carbocycles. The van der Waals surface area contributed by atoms with Crippen LogP contribution in [-0.2, 0) is 11.3 Å². The van der Waals surface area contributed by atoms with Crippen LogP contribution in [0.5, 0.6) is 11.5 Å². The first-order valence-electron chi connectivity index (χ1n) is 9.67. The van der Waals surface area contributed by atoms with Gasteiger partial charge in [-0.1, -0.05) is 29.3 Å². The molecule has 0 aliphatic carbocycles. The summed E-state index contributed by atoms with van der Waals surface area (Å²) < 4.78 is 12.4. The Labute approximate surface area is 164 Å². The molecule has 1 fully saturated rings. The Morgan fingerprint density at radius 1 is 1.35 bits per heavy atom. The van der Waals surface area contributed by atoms with Gasteiger partial charge in [-0.05, 0) is 50.4 Å². The van der Waals surface area contributed by atoms with E-state index >= 15 is 0 Å². The minimum absolute atomic E-state index is 0.0824. The van der Waals surface area contributed by atoms with E-state index in [1.807, 2.05) is 6.07 Å². The Morgan fingerprint density at radius 2 is 2.08 bits per heavy atom. The standard InChI is InChI=1S/C20H29BrN2O3/c1-3-5-14(2)22-20(24)15-6-4-7-23(12-15)13-16-10-18-19(11-17(16)21)26-9-8-25-18/h10-11,14-15H,3-9,12-13H2,1-2H3,(H,22,24). The van der Waals surface area contributed by atoms with Crippen molar-refractivity contribution in [3.05, 3.63) is 22.2 Å². The van der Waals surface area contributed by atoms with E-state index in [4.69, 9.17) is 9.47 Å². The molecule has 0 saturated carbocycles. The Kier molecular flexibility index (Phi) is 6.81. The number of piperidine rings is 1. The summed E-state index contributed by atoms with van der Waals surface area (Å²) >= 11 is 3.65. The fourth-order valence-corrected chi connectivity index (χ4v) is 4.19. The number of halogens is 1. The van der Waals surface area contributed by atoms with E-state index in [9.17, 15) is 4.79 Å². The lowest BCUT2D eigenvalue weighted by Crippen LogP contribution is -2.45. The molecule has 3 rings (SSSR count). The van der Waals surface area contributed by atoms with E-state index in [1.165, 1.54) is 5.56 Å². The number of ether oxygens (including phenoxy) is 2. The minimum atomic E-state index is 0.0824. The van der Waals surface area contributed by atoms with Crippen LogP contribution in [0.15, 0.2) is 16.6 Å². The highest BCUT2D eigenvalue weighted by Crippen LogP contribution is 2.36. The molecular weight excluding hydrogens is 396 g/mol. The summed E-state index contributed by atoms with van der Waals surface area (Å²) in [5.74, 6) is 1.90. The summed E-state index contributed by atoms with van der Waals surface area (Å²) in [4.78, 5) is 14.9. The molecule has 5 nitrogen and oxygen atoms in total. The molecule has 1 amide bonds. The maximum atomic E-state index is 12.6. The van der Waals surface area contributed by atoms with Gasteiger partial charge in [-0.15, -0.1) is 0 Å². The van der Waals surface area contributed by atoms with Crippen LogP contribution < -0.4 is 14.8 Å². The van der Waals surface area contributed by atoms with E-state index in [0.717, 1.165) is 61.3 Å². The van der Waals surface area contributed by atoms with Gasteiger partial charge in [-0.2, -0.15) is 0 Å². The first-order chi connectivity index (χ1) is 12.6. The van der Waals surface area contributed by atoms with Crippen molar-refractivity contribution in [3.63, 3.8) is 0 Å². The fraction of sp³-hybridized carbons (Fsp3) is 0.650.